The van der Waals surface area contributed by atoms with Crippen molar-refractivity contribution in [2.24, 2.45) is 7.05 Å². The van der Waals surface area contributed by atoms with Crippen LogP contribution >= 0.6 is 0 Å². The molecule has 0 unspecified atom stereocenters. The van der Waals surface area contributed by atoms with Gasteiger partial charge in [-0.3, -0.25) is 4.79 Å². The molecule has 0 fully saturated rings. The average Bonchev–Trinajstić information content (AvgIpc) is 3.19. The summed E-state index contributed by atoms with van der Waals surface area (Å²) in [5.74, 6) is -2.79. The second-order valence-electron chi connectivity index (χ2n) is 7.21. The standard InChI is InChI=1S/C19H25N3O2.C2HF3O2/c1-13(2)22-15-9-6-5-8-14(15)18-16(22)12-17(21(18)3)19(23)20-10-7-11-24-4;3-2(4,5)1(6)7/h5-6,8-9,12-13H,7,10-11H2,1-4H3,(H,20,23);(H,6,7). The number of aryl methyl sites for hydroxylation is 1. The minimum atomic E-state index is -5.08. The number of halogens is 3. The van der Waals surface area contributed by atoms with Crippen molar-refractivity contribution in [3.8, 4) is 0 Å². The molecule has 0 bridgehead atoms. The number of nitrogens with zero attached hydrogens (tertiary/aromatic N) is 2. The molecule has 1 aromatic carbocycles. The zero-order valence-corrected chi connectivity index (χ0v) is 17.8. The van der Waals surface area contributed by atoms with E-state index in [0.717, 1.165) is 17.5 Å². The Hall–Kier alpha value is -3.01. The lowest BCUT2D eigenvalue weighted by Gasteiger charge is -2.10. The third-order valence-electron chi connectivity index (χ3n) is 4.69. The monoisotopic (exact) mass is 441 g/mol. The van der Waals surface area contributed by atoms with Gasteiger partial charge in [-0.2, -0.15) is 13.2 Å². The minimum absolute atomic E-state index is 0.0378. The molecule has 7 nitrogen and oxygen atoms in total. The van der Waals surface area contributed by atoms with Crippen molar-refractivity contribution in [1.82, 2.24) is 14.5 Å². The van der Waals surface area contributed by atoms with Crippen LogP contribution in [0.15, 0.2) is 30.3 Å². The molecule has 1 amide bonds. The lowest BCUT2D eigenvalue weighted by Crippen LogP contribution is -2.26. The number of aliphatic carboxylic acids is 1. The Morgan fingerprint density at radius 3 is 2.35 bits per heavy atom. The zero-order chi connectivity index (χ0) is 23.3. The summed E-state index contributed by atoms with van der Waals surface area (Å²) in [5.41, 5.74) is 4.12. The zero-order valence-electron chi connectivity index (χ0n) is 17.8. The second-order valence-corrected chi connectivity index (χ2v) is 7.21. The van der Waals surface area contributed by atoms with E-state index in [1.807, 2.05) is 23.7 Å². The molecule has 10 heteroatoms. The van der Waals surface area contributed by atoms with Crippen LogP contribution in [-0.4, -0.2) is 52.6 Å². The fourth-order valence-electron chi connectivity index (χ4n) is 3.39. The quantitative estimate of drug-likeness (QED) is 0.564. The Morgan fingerprint density at radius 2 is 1.81 bits per heavy atom. The van der Waals surface area contributed by atoms with E-state index in [2.05, 4.69) is 41.9 Å². The number of methoxy groups -OCH3 is 1. The van der Waals surface area contributed by atoms with Crippen LogP contribution in [0.4, 0.5) is 13.2 Å². The van der Waals surface area contributed by atoms with E-state index in [0.29, 0.717) is 24.9 Å². The molecule has 0 aliphatic carbocycles. The first-order valence-electron chi connectivity index (χ1n) is 9.66. The third kappa shape index (κ3) is 5.38. The lowest BCUT2D eigenvalue weighted by molar-refractivity contribution is -0.192. The van der Waals surface area contributed by atoms with E-state index in [1.54, 1.807) is 7.11 Å². The van der Waals surface area contributed by atoms with E-state index in [9.17, 15) is 18.0 Å². The highest BCUT2D eigenvalue weighted by atomic mass is 19.4. The molecule has 2 aromatic heterocycles. The number of nitrogens with one attached hydrogen (secondary N) is 1. The number of ether oxygens (including phenoxy) is 1. The molecule has 3 aromatic rings. The SMILES string of the molecule is COCCCNC(=O)c1cc2c(c3ccccc3n2C(C)C)n1C.O=C(O)C(F)(F)F. The molecule has 0 atom stereocenters. The summed E-state index contributed by atoms with van der Waals surface area (Å²) >= 11 is 0. The van der Waals surface area contributed by atoms with Crippen LogP contribution in [0.25, 0.3) is 21.9 Å². The maximum Gasteiger partial charge on any atom is 0.490 e. The van der Waals surface area contributed by atoms with Gasteiger partial charge in [0.25, 0.3) is 5.91 Å². The van der Waals surface area contributed by atoms with E-state index in [1.165, 1.54) is 10.9 Å². The van der Waals surface area contributed by atoms with Gasteiger partial charge in [0.2, 0.25) is 0 Å². The molecule has 2 heterocycles. The Labute approximate surface area is 177 Å². The molecule has 3 rings (SSSR count). The van der Waals surface area contributed by atoms with Gasteiger partial charge in [-0.15, -0.1) is 0 Å². The van der Waals surface area contributed by atoms with E-state index < -0.39 is 12.1 Å². The number of carbonyl (C=O) groups excluding carboxylic acids is 1. The molecule has 0 radical (unpaired) electrons. The Balaban J connectivity index is 0.000000423. The molecule has 0 saturated carbocycles. The van der Waals surface area contributed by atoms with Crippen LogP contribution in [0.2, 0.25) is 0 Å². The summed E-state index contributed by atoms with van der Waals surface area (Å²) in [6, 6.07) is 10.7. The third-order valence-corrected chi connectivity index (χ3v) is 4.69. The van der Waals surface area contributed by atoms with Crippen LogP contribution in [0.5, 0.6) is 0 Å². The number of alkyl halides is 3. The molecule has 0 saturated heterocycles. The molecule has 0 spiro atoms. The van der Waals surface area contributed by atoms with Gasteiger partial charge in [-0.05, 0) is 32.4 Å². The van der Waals surface area contributed by atoms with Gasteiger partial charge in [0.1, 0.15) is 5.69 Å². The van der Waals surface area contributed by atoms with Crippen molar-refractivity contribution >= 4 is 33.8 Å². The number of fused-ring (bicyclic) bond motifs is 3. The van der Waals surface area contributed by atoms with Gasteiger partial charge in [-0.1, -0.05) is 18.2 Å². The Bertz CT molecular complexity index is 1070. The molecule has 170 valence electrons. The summed E-state index contributed by atoms with van der Waals surface area (Å²) in [7, 11) is 3.63. The summed E-state index contributed by atoms with van der Waals surface area (Å²) < 4.78 is 41.1. The number of rotatable bonds is 6. The normalized spacial score (nSPS) is 11.6. The topological polar surface area (TPSA) is 85.5 Å². The lowest BCUT2D eigenvalue weighted by atomic mass is 10.2. The number of amides is 1. The van der Waals surface area contributed by atoms with Crippen molar-refractivity contribution in [3.05, 3.63) is 36.0 Å². The van der Waals surface area contributed by atoms with Crippen LogP contribution in [-0.2, 0) is 16.6 Å². The highest BCUT2D eigenvalue weighted by Crippen LogP contribution is 2.33. The molecular weight excluding hydrogens is 415 g/mol. The largest absolute Gasteiger partial charge is 0.490 e. The van der Waals surface area contributed by atoms with E-state index in [-0.39, 0.29) is 5.91 Å². The number of hydrogen-bond acceptors (Lipinski definition) is 3. The summed E-state index contributed by atoms with van der Waals surface area (Å²) in [6.07, 6.45) is -4.27. The van der Waals surface area contributed by atoms with Gasteiger partial charge in [0, 0.05) is 38.7 Å². The molecule has 2 N–H and O–H groups in total. The number of aromatic nitrogens is 2. The molecule has 0 aliphatic heterocycles. The van der Waals surface area contributed by atoms with Gasteiger partial charge in [0.15, 0.2) is 0 Å². The van der Waals surface area contributed by atoms with E-state index in [4.69, 9.17) is 14.6 Å². The number of benzene rings is 1. The van der Waals surface area contributed by atoms with Crippen molar-refractivity contribution in [3.63, 3.8) is 0 Å². The molecule has 31 heavy (non-hydrogen) atoms. The number of carbonyl (C=O) groups is 2. The maximum absolute atomic E-state index is 12.5. The van der Waals surface area contributed by atoms with Gasteiger partial charge in [-0.25, -0.2) is 4.79 Å². The molecule has 0 aliphatic rings. The first kappa shape index (κ1) is 24.3. The number of para-hydroxylation sites is 1. The first-order chi connectivity index (χ1) is 14.5. The predicted molar refractivity (Wildman–Crippen MR) is 111 cm³/mol. The van der Waals surface area contributed by atoms with E-state index >= 15 is 0 Å². The fraction of sp³-hybridized carbons (Fsp3) is 0.429. The molecular formula is C21H26F3N3O4. The van der Waals surface area contributed by atoms with Gasteiger partial charge in [0.05, 0.1) is 16.6 Å². The van der Waals surface area contributed by atoms with Crippen LogP contribution in [0, 0.1) is 0 Å². The van der Waals surface area contributed by atoms with Crippen molar-refractivity contribution in [2.45, 2.75) is 32.5 Å². The van der Waals surface area contributed by atoms with Crippen molar-refractivity contribution in [2.75, 3.05) is 20.3 Å². The number of carboxylic acid groups (broad SMARTS) is 1. The highest BCUT2D eigenvalue weighted by Gasteiger charge is 2.38. The van der Waals surface area contributed by atoms with Crippen molar-refractivity contribution in [1.29, 1.82) is 0 Å². The summed E-state index contributed by atoms with van der Waals surface area (Å²) in [5, 5.41) is 11.3. The van der Waals surface area contributed by atoms with Crippen molar-refractivity contribution < 1.29 is 32.6 Å². The maximum atomic E-state index is 12.5. The van der Waals surface area contributed by atoms with Gasteiger partial charge < -0.3 is 24.3 Å². The summed E-state index contributed by atoms with van der Waals surface area (Å²) in [4.78, 5) is 21.4. The van der Waals surface area contributed by atoms with Crippen LogP contribution < -0.4 is 5.32 Å². The second kappa shape index (κ2) is 9.86. The minimum Gasteiger partial charge on any atom is -0.475 e. The highest BCUT2D eigenvalue weighted by molar-refractivity contribution is 6.10. The fourth-order valence-corrected chi connectivity index (χ4v) is 3.39. The number of hydrogen-bond donors (Lipinski definition) is 2. The average molecular weight is 441 g/mol. The number of carboxylic acids is 1. The van der Waals surface area contributed by atoms with Crippen LogP contribution in [0.3, 0.4) is 0 Å². The Morgan fingerprint density at radius 1 is 1.19 bits per heavy atom. The van der Waals surface area contributed by atoms with Crippen LogP contribution in [0.1, 0.15) is 36.8 Å². The smallest absolute Gasteiger partial charge is 0.475 e. The predicted octanol–water partition coefficient (Wildman–Crippen LogP) is 4.11. The first-order valence-corrected chi connectivity index (χ1v) is 9.66. The Kier molecular flexibility index (Phi) is 7.72. The van der Waals surface area contributed by atoms with Gasteiger partial charge >= 0.3 is 12.1 Å². The summed E-state index contributed by atoms with van der Waals surface area (Å²) in [6.45, 7) is 5.61.